The van der Waals surface area contributed by atoms with Crippen LogP contribution in [0.2, 0.25) is 0 Å². The van der Waals surface area contributed by atoms with Gasteiger partial charge in [-0.1, -0.05) is 33.1 Å². The largest absolute Gasteiger partial charge is 0.396 e. The summed E-state index contributed by atoms with van der Waals surface area (Å²) in [4.78, 5) is 2.62. The fraction of sp³-hybridized carbons (Fsp3) is 1.00. The zero-order chi connectivity index (χ0) is 14.4. The van der Waals surface area contributed by atoms with Crippen LogP contribution in [0.5, 0.6) is 0 Å². The minimum Gasteiger partial charge on any atom is -0.396 e. The molecule has 2 atom stereocenters. The van der Waals surface area contributed by atoms with Gasteiger partial charge in [0.1, 0.15) is 0 Å². The van der Waals surface area contributed by atoms with E-state index >= 15 is 0 Å². The molecule has 0 aromatic rings. The Bertz CT molecular complexity index is 264. The molecule has 20 heavy (non-hydrogen) atoms. The average molecular weight is 282 g/mol. The van der Waals surface area contributed by atoms with Gasteiger partial charge in [0.2, 0.25) is 0 Å². The van der Waals surface area contributed by atoms with Gasteiger partial charge in [-0.25, -0.2) is 0 Å². The number of rotatable bonds is 6. The smallest absolute Gasteiger partial charge is 0.0434 e. The number of aliphatic hydroxyl groups excluding tert-OH is 1. The first-order valence-electron chi connectivity index (χ1n) is 8.76. The third kappa shape index (κ3) is 5.34. The summed E-state index contributed by atoms with van der Waals surface area (Å²) in [6.45, 7) is 8.54. The van der Waals surface area contributed by atoms with Crippen molar-refractivity contribution in [3.63, 3.8) is 0 Å². The molecule has 1 aliphatic heterocycles. The molecule has 1 aliphatic carbocycles. The van der Waals surface area contributed by atoms with Gasteiger partial charge in [-0.15, -0.1) is 0 Å². The Labute approximate surface area is 125 Å². The van der Waals surface area contributed by atoms with Gasteiger partial charge in [-0.3, -0.25) is 0 Å². The van der Waals surface area contributed by atoms with Crippen LogP contribution in [0.4, 0.5) is 0 Å². The summed E-state index contributed by atoms with van der Waals surface area (Å²) in [5.74, 6) is 1.41. The van der Waals surface area contributed by atoms with E-state index in [0.717, 1.165) is 18.4 Å². The second kappa shape index (κ2) is 8.35. The van der Waals surface area contributed by atoms with Gasteiger partial charge in [-0.2, -0.15) is 0 Å². The van der Waals surface area contributed by atoms with Gasteiger partial charge in [-0.05, 0) is 37.5 Å². The molecule has 0 radical (unpaired) electrons. The molecule has 2 N–H and O–H groups in total. The fourth-order valence-corrected chi connectivity index (χ4v) is 4.08. The summed E-state index contributed by atoms with van der Waals surface area (Å²) in [6, 6.07) is 1.39. The van der Waals surface area contributed by atoms with E-state index in [9.17, 15) is 5.11 Å². The predicted molar refractivity (Wildman–Crippen MR) is 84.9 cm³/mol. The minimum atomic E-state index is 0.344. The van der Waals surface area contributed by atoms with Crippen LogP contribution in [0.25, 0.3) is 0 Å². The van der Waals surface area contributed by atoms with Crippen molar-refractivity contribution in [2.24, 2.45) is 11.8 Å². The summed E-state index contributed by atoms with van der Waals surface area (Å²) in [7, 11) is 0. The third-order valence-electron chi connectivity index (χ3n) is 4.85. The number of hydrogen-bond acceptors (Lipinski definition) is 3. The maximum Gasteiger partial charge on any atom is 0.0434 e. The van der Waals surface area contributed by atoms with E-state index in [4.69, 9.17) is 0 Å². The fourth-order valence-electron chi connectivity index (χ4n) is 4.08. The zero-order valence-electron chi connectivity index (χ0n) is 13.5. The van der Waals surface area contributed by atoms with Crippen molar-refractivity contribution in [1.82, 2.24) is 10.2 Å². The lowest BCUT2D eigenvalue weighted by Gasteiger charge is -2.41. The highest BCUT2D eigenvalue weighted by molar-refractivity contribution is 4.86. The highest BCUT2D eigenvalue weighted by Gasteiger charge is 2.28. The van der Waals surface area contributed by atoms with Gasteiger partial charge < -0.3 is 15.3 Å². The molecule has 0 aromatic heterocycles. The van der Waals surface area contributed by atoms with E-state index in [1.807, 2.05) is 0 Å². The third-order valence-corrected chi connectivity index (χ3v) is 4.85. The molecule has 0 aromatic carbocycles. The summed E-state index contributed by atoms with van der Waals surface area (Å²) in [5, 5.41) is 13.2. The average Bonchev–Trinajstić information content (AvgIpc) is 2.39. The molecule has 1 heterocycles. The Kier molecular flexibility index (Phi) is 6.79. The molecule has 0 spiro atoms. The van der Waals surface area contributed by atoms with E-state index in [1.165, 1.54) is 58.2 Å². The Hall–Kier alpha value is -0.120. The van der Waals surface area contributed by atoms with Crippen molar-refractivity contribution < 1.29 is 5.11 Å². The number of piperidine rings is 1. The summed E-state index contributed by atoms with van der Waals surface area (Å²) >= 11 is 0. The maximum absolute atomic E-state index is 9.26. The molecule has 2 fully saturated rings. The van der Waals surface area contributed by atoms with Crippen LogP contribution < -0.4 is 5.32 Å². The van der Waals surface area contributed by atoms with Crippen LogP contribution in [-0.2, 0) is 0 Å². The van der Waals surface area contributed by atoms with E-state index in [0.29, 0.717) is 18.6 Å². The molecular formula is C17H34N2O. The van der Waals surface area contributed by atoms with Gasteiger partial charge in [0.25, 0.3) is 0 Å². The van der Waals surface area contributed by atoms with Crippen molar-refractivity contribution in [2.45, 2.75) is 70.9 Å². The lowest BCUT2D eigenvalue weighted by Crippen LogP contribution is -2.53. The molecule has 0 bridgehead atoms. The van der Waals surface area contributed by atoms with E-state index in [-0.39, 0.29) is 0 Å². The Morgan fingerprint density at radius 3 is 2.50 bits per heavy atom. The molecule has 2 unspecified atom stereocenters. The number of likely N-dealkylation sites (tertiary alicyclic amines) is 1. The summed E-state index contributed by atoms with van der Waals surface area (Å²) < 4.78 is 0. The lowest BCUT2D eigenvalue weighted by atomic mass is 9.89. The van der Waals surface area contributed by atoms with Crippen molar-refractivity contribution in [3.8, 4) is 0 Å². The second-order valence-electron chi connectivity index (χ2n) is 7.42. The van der Waals surface area contributed by atoms with Gasteiger partial charge in [0.15, 0.2) is 0 Å². The van der Waals surface area contributed by atoms with Crippen molar-refractivity contribution in [2.75, 3.05) is 26.2 Å². The van der Waals surface area contributed by atoms with Crippen LogP contribution in [0.3, 0.4) is 0 Å². The number of aliphatic hydroxyl groups is 1. The predicted octanol–water partition coefficient (Wildman–Crippen LogP) is 2.64. The molecule has 0 amide bonds. The summed E-state index contributed by atoms with van der Waals surface area (Å²) in [6.07, 6.45) is 9.19. The molecule has 3 nitrogen and oxygen atoms in total. The quantitative estimate of drug-likeness (QED) is 0.786. The normalized spacial score (nSPS) is 30.0. The van der Waals surface area contributed by atoms with Crippen LogP contribution in [-0.4, -0.2) is 48.3 Å². The highest BCUT2D eigenvalue weighted by atomic mass is 16.3. The van der Waals surface area contributed by atoms with Crippen molar-refractivity contribution in [3.05, 3.63) is 0 Å². The monoisotopic (exact) mass is 282 g/mol. The van der Waals surface area contributed by atoms with Crippen LogP contribution in [0, 0.1) is 11.8 Å². The summed E-state index contributed by atoms with van der Waals surface area (Å²) in [5.41, 5.74) is 0. The molecule has 2 rings (SSSR count). The van der Waals surface area contributed by atoms with E-state index in [2.05, 4.69) is 24.1 Å². The van der Waals surface area contributed by atoms with Gasteiger partial charge >= 0.3 is 0 Å². The zero-order valence-corrected chi connectivity index (χ0v) is 13.5. The molecule has 2 aliphatic rings. The van der Waals surface area contributed by atoms with Crippen LogP contribution >= 0.6 is 0 Å². The number of nitrogens with one attached hydrogen (secondary N) is 1. The standard InChI is InChI=1S/C17H34N2O/c1-14(2)11-19-12-15(8-9-20)10-17(13-19)18-16-6-4-3-5-7-16/h14-18,20H,3-13H2,1-2H3. The molecule has 1 saturated carbocycles. The van der Waals surface area contributed by atoms with Gasteiger partial charge in [0.05, 0.1) is 0 Å². The molecule has 118 valence electrons. The Balaban J connectivity index is 1.85. The first-order valence-corrected chi connectivity index (χ1v) is 8.76. The van der Waals surface area contributed by atoms with Crippen LogP contribution in [0.15, 0.2) is 0 Å². The van der Waals surface area contributed by atoms with E-state index in [1.54, 1.807) is 0 Å². The highest BCUT2D eigenvalue weighted by Crippen LogP contribution is 2.24. The minimum absolute atomic E-state index is 0.344. The van der Waals surface area contributed by atoms with Crippen molar-refractivity contribution >= 4 is 0 Å². The topological polar surface area (TPSA) is 35.5 Å². The van der Waals surface area contributed by atoms with E-state index < -0.39 is 0 Å². The van der Waals surface area contributed by atoms with Crippen molar-refractivity contribution in [1.29, 1.82) is 0 Å². The van der Waals surface area contributed by atoms with Crippen LogP contribution in [0.1, 0.15) is 58.8 Å². The maximum atomic E-state index is 9.26. The molecule has 1 saturated heterocycles. The Morgan fingerprint density at radius 2 is 1.85 bits per heavy atom. The van der Waals surface area contributed by atoms with Gasteiger partial charge in [0, 0.05) is 38.3 Å². The number of hydrogen-bond donors (Lipinski definition) is 2. The first-order chi connectivity index (χ1) is 9.67. The molecular weight excluding hydrogens is 248 g/mol. The molecule has 3 heteroatoms. The first kappa shape index (κ1) is 16.3. The Morgan fingerprint density at radius 1 is 1.10 bits per heavy atom. The lowest BCUT2D eigenvalue weighted by molar-refractivity contribution is 0.103. The SMILES string of the molecule is CC(C)CN1CC(CCO)CC(NC2CCCCC2)C1. The number of nitrogens with zero attached hydrogens (tertiary/aromatic N) is 1. The second-order valence-corrected chi connectivity index (χ2v) is 7.42.